The number of hydrogen-bond donors (Lipinski definition) is 2. The Kier molecular flexibility index (Phi) is 3.46. The van der Waals surface area contributed by atoms with Gasteiger partial charge in [-0.15, -0.1) is 0 Å². The molecule has 0 atom stereocenters. The van der Waals surface area contributed by atoms with Crippen molar-refractivity contribution < 1.29 is 13.6 Å². The maximum Gasteiger partial charge on any atom is 0.257 e. The Morgan fingerprint density at radius 2 is 1.89 bits per heavy atom. The number of benzene rings is 2. The monoisotopic (exact) mass is 262 g/mol. The van der Waals surface area contributed by atoms with E-state index in [1.165, 1.54) is 0 Å². The minimum atomic E-state index is -0.834. The molecule has 0 saturated carbocycles. The highest BCUT2D eigenvalue weighted by atomic mass is 19.1. The molecular formula is C14H12F2N2O. The number of rotatable bonds is 2. The number of nitrogen functional groups attached to an aromatic ring is 1. The number of carbonyl (C=O) groups excluding carboxylic acids is 1. The van der Waals surface area contributed by atoms with E-state index < -0.39 is 17.5 Å². The zero-order chi connectivity index (χ0) is 14.0. The van der Waals surface area contributed by atoms with Gasteiger partial charge in [-0.3, -0.25) is 4.79 Å². The van der Waals surface area contributed by atoms with Crippen LogP contribution < -0.4 is 11.1 Å². The molecule has 0 unspecified atom stereocenters. The molecule has 0 aromatic heterocycles. The number of halogens is 2. The van der Waals surface area contributed by atoms with E-state index in [2.05, 4.69) is 5.32 Å². The summed E-state index contributed by atoms with van der Waals surface area (Å²) in [7, 11) is 0. The quantitative estimate of drug-likeness (QED) is 0.817. The fraction of sp³-hybridized carbons (Fsp3) is 0.0714. The van der Waals surface area contributed by atoms with Gasteiger partial charge in [-0.1, -0.05) is 6.07 Å². The van der Waals surface area contributed by atoms with Crippen LogP contribution in [0.25, 0.3) is 0 Å². The van der Waals surface area contributed by atoms with Gasteiger partial charge in [0, 0.05) is 11.8 Å². The van der Waals surface area contributed by atoms with Gasteiger partial charge in [0.05, 0.1) is 11.3 Å². The van der Waals surface area contributed by atoms with Crippen molar-refractivity contribution in [1.82, 2.24) is 0 Å². The summed E-state index contributed by atoms with van der Waals surface area (Å²) in [4.78, 5) is 11.9. The normalized spacial score (nSPS) is 10.3. The molecule has 0 saturated heterocycles. The number of amides is 1. The Hall–Kier alpha value is -2.43. The molecule has 0 aliphatic carbocycles. The smallest absolute Gasteiger partial charge is 0.257 e. The lowest BCUT2D eigenvalue weighted by molar-refractivity contribution is 0.102. The Balaban J connectivity index is 2.25. The van der Waals surface area contributed by atoms with Crippen LogP contribution in [0.1, 0.15) is 15.9 Å². The second-order valence-electron chi connectivity index (χ2n) is 4.17. The number of nitrogens with one attached hydrogen (secondary N) is 1. The van der Waals surface area contributed by atoms with Crippen molar-refractivity contribution in [3.63, 3.8) is 0 Å². The minimum absolute atomic E-state index is 0.0913. The predicted octanol–water partition coefficient (Wildman–Crippen LogP) is 3.11. The molecule has 5 heteroatoms. The molecule has 98 valence electrons. The number of aryl methyl sites for hydroxylation is 1. The highest BCUT2D eigenvalue weighted by molar-refractivity contribution is 6.07. The van der Waals surface area contributed by atoms with Gasteiger partial charge in [-0.2, -0.15) is 0 Å². The standard InChI is InChI=1S/C14H12F2N2O/c1-8-2-4-10(12(17)6-8)14(19)18-13-5-3-9(15)7-11(13)16/h2-7H,17H2,1H3,(H,18,19). The van der Waals surface area contributed by atoms with E-state index in [-0.39, 0.29) is 11.3 Å². The van der Waals surface area contributed by atoms with Crippen molar-refractivity contribution in [3.8, 4) is 0 Å². The maximum absolute atomic E-state index is 13.4. The fourth-order valence-corrected chi connectivity index (χ4v) is 1.67. The molecule has 2 rings (SSSR count). The third kappa shape index (κ3) is 2.88. The van der Waals surface area contributed by atoms with Crippen LogP contribution in [-0.4, -0.2) is 5.91 Å². The van der Waals surface area contributed by atoms with Gasteiger partial charge in [0.15, 0.2) is 0 Å². The maximum atomic E-state index is 13.4. The molecule has 3 nitrogen and oxygen atoms in total. The van der Waals surface area contributed by atoms with Crippen LogP contribution >= 0.6 is 0 Å². The van der Waals surface area contributed by atoms with E-state index in [1.807, 2.05) is 6.92 Å². The topological polar surface area (TPSA) is 55.1 Å². The van der Waals surface area contributed by atoms with Gasteiger partial charge in [-0.25, -0.2) is 8.78 Å². The molecule has 2 aromatic rings. The number of carbonyl (C=O) groups is 1. The molecule has 0 heterocycles. The zero-order valence-corrected chi connectivity index (χ0v) is 10.2. The molecule has 0 radical (unpaired) electrons. The Bertz CT molecular complexity index is 641. The number of nitrogens with two attached hydrogens (primary N) is 1. The lowest BCUT2D eigenvalue weighted by atomic mass is 10.1. The van der Waals surface area contributed by atoms with Crippen LogP contribution in [0.2, 0.25) is 0 Å². The average Bonchev–Trinajstić information content (AvgIpc) is 2.32. The van der Waals surface area contributed by atoms with Crippen LogP contribution in [-0.2, 0) is 0 Å². The third-order valence-electron chi connectivity index (χ3n) is 2.63. The van der Waals surface area contributed by atoms with Crippen molar-refractivity contribution in [2.24, 2.45) is 0 Å². The summed E-state index contributed by atoms with van der Waals surface area (Å²) in [5, 5.41) is 2.35. The molecule has 3 N–H and O–H groups in total. The first-order valence-corrected chi connectivity index (χ1v) is 5.60. The van der Waals surface area contributed by atoms with Crippen molar-refractivity contribution in [2.45, 2.75) is 6.92 Å². The van der Waals surface area contributed by atoms with Gasteiger partial charge >= 0.3 is 0 Å². The summed E-state index contributed by atoms with van der Waals surface area (Å²) in [6, 6.07) is 7.86. The third-order valence-corrected chi connectivity index (χ3v) is 2.63. The van der Waals surface area contributed by atoms with Crippen molar-refractivity contribution >= 4 is 17.3 Å². The average molecular weight is 262 g/mol. The molecule has 0 bridgehead atoms. The summed E-state index contributed by atoms with van der Waals surface area (Å²) in [6.45, 7) is 1.84. The summed E-state index contributed by atoms with van der Waals surface area (Å²) < 4.78 is 26.1. The summed E-state index contributed by atoms with van der Waals surface area (Å²) >= 11 is 0. The predicted molar refractivity (Wildman–Crippen MR) is 69.9 cm³/mol. The minimum Gasteiger partial charge on any atom is -0.398 e. The zero-order valence-electron chi connectivity index (χ0n) is 10.2. The van der Waals surface area contributed by atoms with E-state index >= 15 is 0 Å². The summed E-state index contributed by atoms with van der Waals surface area (Å²) in [6.07, 6.45) is 0. The fourth-order valence-electron chi connectivity index (χ4n) is 1.67. The van der Waals surface area contributed by atoms with Crippen LogP contribution in [0.15, 0.2) is 36.4 Å². The SMILES string of the molecule is Cc1ccc(C(=O)Nc2ccc(F)cc2F)c(N)c1. The number of anilines is 2. The van der Waals surface area contributed by atoms with Crippen LogP contribution in [0, 0.1) is 18.6 Å². The largest absolute Gasteiger partial charge is 0.398 e. The lowest BCUT2D eigenvalue weighted by Crippen LogP contribution is -2.15. The van der Waals surface area contributed by atoms with Gasteiger partial charge < -0.3 is 11.1 Å². The van der Waals surface area contributed by atoms with Gasteiger partial charge in [0.25, 0.3) is 5.91 Å². The molecule has 0 spiro atoms. The molecule has 0 aliphatic heterocycles. The lowest BCUT2D eigenvalue weighted by Gasteiger charge is -2.09. The van der Waals surface area contributed by atoms with Gasteiger partial charge in [0.2, 0.25) is 0 Å². The van der Waals surface area contributed by atoms with E-state index in [9.17, 15) is 13.6 Å². The van der Waals surface area contributed by atoms with Crippen molar-refractivity contribution in [3.05, 3.63) is 59.2 Å². The first-order chi connectivity index (χ1) is 8.97. The van der Waals surface area contributed by atoms with Crippen molar-refractivity contribution in [1.29, 1.82) is 0 Å². The molecule has 0 fully saturated rings. The van der Waals surface area contributed by atoms with E-state index in [0.29, 0.717) is 11.8 Å². The summed E-state index contributed by atoms with van der Waals surface area (Å²) in [5.41, 5.74) is 7.10. The van der Waals surface area contributed by atoms with Gasteiger partial charge in [0.1, 0.15) is 11.6 Å². The van der Waals surface area contributed by atoms with Crippen molar-refractivity contribution in [2.75, 3.05) is 11.1 Å². The van der Waals surface area contributed by atoms with Gasteiger partial charge in [-0.05, 0) is 36.8 Å². The number of hydrogen-bond acceptors (Lipinski definition) is 2. The second kappa shape index (κ2) is 5.06. The first-order valence-electron chi connectivity index (χ1n) is 5.60. The molecule has 2 aromatic carbocycles. The molecule has 1 amide bonds. The van der Waals surface area contributed by atoms with E-state index in [1.54, 1.807) is 18.2 Å². The van der Waals surface area contributed by atoms with E-state index in [4.69, 9.17) is 5.73 Å². The molecular weight excluding hydrogens is 250 g/mol. The summed E-state index contributed by atoms with van der Waals surface area (Å²) in [5.74, 6) is -2.08. The highest BCUT2D eigenvalue weighted by Gasteiger charge is 2.12. The second-order valence-corrected chi connectivity index (χ2v) is 4.17. The molecule has 19 heavy (non-hydrogen) atoms. The van der Waals surface area contributed by atoms with Crippen LogP contribution in [0.3, 0.4) is 0 Å². The van der Waals surface area contributed by atoms with Crippen LogP contribution in [0.5, 0.6) is 0 Å². The Morgan fingerprint density at radius 1 is 1.16 bits per heavy atom. The first kappa shape index (κ1) is 13.0. The van der Waals surface area contributed by atoms with E-state index in [0.717, 1.165) is 17.7 Å². The highest BCUT2D eigenvalue weighted by Crippen LogP contribution is 2.19. The molecule has 0 aliphatic rings. The Morgan fingerprint density at radius 3 is 2.53 bits per heavy atom. The Labute approximate surface area is 109 Å². The van der Waals surface area contributed by atoms with Crippen LogP contribution in [0.4, 0.5) is 20.2 Å².